The number of carboxylic acids is 1. The lowest BCUT2D eigenvalue weighted by Gasteiger charge is -2.22. The highest BCUT2D eigenvalue weighted by molar-refractivity contribution is 5.97. The Kier molecular flexibility index (Phi) is 6.88. The lowest BCUT2D eigenvalue weighted by Crippen LogP contribution is -2.35. The molecule has 0 aromatic heterocycles. The second-order valence-corrected chi connectivity index (χ2v) is 5.03. The first-order chi connectivity index (χ1) is 9.99. The number of methoxy groups -OCH3 is 1. The molecule has 0 aliphatic carbocycles. The molecule has 0 atom stereocenters. The Morgan fingerprint density at radius 3 is 2.43 bits per heavy atom. The summed E-state index contributed by atoms with van der Waals surface area (Å²) >= 11 is 0. The molecule has 0 spiro atoms. The summed E-state index contributed by atoms with van der Waals surface area (Å²) in [4.78, 5) is 25.4. The van der Waals surface area contributed by atoms with Crippen LogP contribution in [-0.2, 0) is 4.74 Å². The highest BCUT2D eigenvalue weighted by Crippen LogP contribution is 2.13. The van der Waals surface area contributed by atoms with Gasteiger partial charge >= 0.3 is 5.97 Å². The fourth-order valence-electron chi connectivity index (χ4n) is 2.08. The summed E-state index contributed by atoms with van der Waals surface area (Å²) in [7, 11) is 1.59. The largest absolute Gasteiger partial charge is 0.478 e. The molecular formula is C16H23NO4. The molecule has 0 heterocycles. The van der Waals surface area contributed by atoms with E-state index in [4.69, 9.17) is 9.84 Å². The van der Waals surface area contributed by atoms with E-state index in [1.807, 2.05) is 0 Å². The zero-order valence-corrected chi connectivity index (χ0v) is 12.9. The van der Waals surface area contributed by atoms with Crippen LogP contribution in [0, 0.1) is 6.92 Å². The van der Waals surface area contributed by atoms with E-state index in [1.54, 1.807) is 31.1 Å². The Hall–Kier alpha value is -1.88. The average Bonchev–Trinajstić information content (AvgIpc) is 2.46. The molecule has 0 fully saturated rings. The Balaban J connectivity index is 2.98. The van der Waals surface area contributed by atoms with E-state index >= 15 is 0 Å². The van der Waals surface area contributed by atoms with Gasteiger partial charge in [-0.25, -0.2) is 4.79 Å². The SMILES string of the molecule is CCCCN(CCOC)C(=O)c1cc(C)cc(C(=O)O)c1. The first-order valence-corrected chi connectivity index (χ1v) is 7.12. The van der Waals surface area contributed by atoms with Crippen LogP contribution >= 0.6 is 0 Å². The van der Waals surface area contributed by atoms with Gasteiger partial charge in [0.05, 0.1) is 12.2 Å². The Morgan fingerprint density at radius 1 is 1.19 bits per heavy atom. The Morgan fingerprint density at radius 2 is 1.86 bits per heavy atom. The molecule has 1 N–H and O–H groups in total. The molecule has 1 aromatic carbocycles. The number of carbonyl (C=O) groups excluding carboxylic acids is 1. The molecule has 0 aliphatic rings. The van der Waals surface area contributed by atoms with Crippen molar-refractivity contribution in [1.29, 1.82) is 0 Å². The van der Waals surface area contributed by atoms with Gasteiger partial charge in [0.15, 0.2) is 0 Å². The third kappa shape index (κ3) is 5.19. The van der Waals surface area contributed by atoms with Crippen molar-refractivity contribution in [2.24, 2.45) is 0 Å². The monoisotopic (exact) mass is 293 g/mol. The highest BCUT2D eigenvalue weighted by Gasteiger charge is 2.17. The van der Waals surface area contributed by atoms with Crippen molar-refractivity contribution in [2.45, 2.75) is 26.7 Å². The second kappa shape index (κ2) is 8.42. The normalized spacial score (nSPS) is 10.4. The number of ether oxygens (including phenoxy) is 1. The topological polar surface area (TPSA) is 66.8 Å². The van der Waals surface area contributed by atoms with Crippen molar-refractivity contribution in [3.05, 3.63) is 34.9 Å². The number of carbonyl (C=O) groups is 2. The summed E-state index contributed by atoms with van der Waals surface area (Å²) < 4.78 is 5.04. The van der Waals surface area contributed by atoms with Crippen molar-refractivity contribution in [2.75, 3.05) is 26.8 Å². The van der Waals surface area contributed by atoms with Crippen LogP contribution in [0.1, 0.15) is 46.0 Å². The molecule has 1 aromatic rings. The maximum Gasteiger partial charge on any atom is 0.335 e. The van der Waals surface area contributed by atoms with Crippen molar-refractivity contribution in [3.63, 3.8) is 0 Å². The van der Waals surface area contributed by atoms with E-state index in [0.717, 1.165) is 18.4 Å². The van der Waals surface area contributed by atoms with Gasteiger partial charge in [-0.1, -0.05) is 13.3 Å². The number of aryl methyl sites for hydroxylation is 1. The van der Waals surface area contributed by atoms with Gasteiger partial charge in [0.25, 0.3) is 5.91 Å². The van der Waals surface area contributed by atoms with E-state index < -0.39 is 5.97 Å². The summed E-state index contributed by atoms with van der Waals surface area (Å²) in [5, 5.41) is 9.09. The van der Waals surface area contributed by atoms with Gasteiger partial charge in [0.1, 0.15) is 0 Å². The van der Waals surface area contributed by atoms with Gasteiger partial charge in [0, 0.05) is 25.8 Å². The Bertz CT molecular complexity index is 491. The van der Waals surface area contributed by atoms with Crippen LogP contribution < -0.4 is 0 Å². The van der Waals surface area contributed by atoms with E-state index in [2.05, 4.69) is 6.92 Å². The molecule has 5 heteroatoms. The molecule has 0 aliphatic heterocycles. The molecule has 0 unspecified atom stereocenters. The van der Waals surface area contributed by atoms with E-state index in [9.17, 15) is 9.59 Å². The number of amides is 1. The summed E-state index contributed by atoms with van der Waals surface area (Å²) in [6.07, 6.45) is 1.90. The minimum Gasteiger partial charge on any atom is -0.478 e. The molecule has 116 valence electrons. The quantitative estimate of drug-likeness (QED) is 0.800. The molecule has 21 heavy (non-hydrogen) atoms. The van der Waals surface area contributed by atoms with Crippen LogP contribution in [0.2, 0.25) is 0 Å². The van der Waals surface area contributed by atoms with Gasteiger partial charge in [0.2, 0.25) is 0 Å². The molecule has 0 bridgehead atoms. The molecule has 0 saturated carbocycles. The van der Waals surface area contributed by atoms with E-state index in [1.165, 1.54) is 6.07 Å². The van der Waals surface area contributed by atoms with Crippen molar-refractivity contribution >= 4 is 11.9 Å². The number of hydrogen-bond donors (Lipinski definition) is 1. The zero-order valence-electron chi connectivity index (χ0n) is 12.9. The number of nitrogens with zero attached hydrogens (tertiary/aromatic N) is 1. The van der Waals surface area contributed by atoms with Crippen LogP contribution in [0.4, 0.5) is 0 Å². The molecule has 0 saturated heterocycles. The van der Waals surface area contributed by atoms with Gasteiger partial charge < -0.3 is 14.7 Å². The lowest BCUT2D eigenvalue weighted by atomic mass is 10.1. The van der Waals surface area contributed by atoms with Crippen molar-refractivity contribution < 1.29 is 19.4 Å². The zero-order chi connectivity index (χ0) is 15.8. The predicted octanol–water partition coefficient (Wildman–Crippen LogP) is 2.58. The molecule has 1 amide bonds. The highest BCUT2D eigenvalue weighted by atomic mass is 16.5. The number of aromatic carboxylic acids is 1. The smallest absolute Gasteiger partial charge is 0.335 e. The minimum atomic E-state index is -1.02. The minimum absolute atomic E-state index is 0.139. The fraction of sp³-hybridized carbons (Fsp3) is 0.500. The number of hydrogen-bond acceptors (Lipinski definition) is 3. The first-order valence-electron chi connectivity index (χ1n) is 7.12. The summed E-state index contributed by atoms with van der Waals surface area (Å²) in [5.41, 5.74) is 1.32. The third-order valence-corrected chi connectivity index (χ3v) is 3.21. The maximum absolute atomic E-state index is 12.6. The van der Waals surface area contributed by atoms with Gasteiger partial charge in [-0.2, -0.15) is 0 Å². The van der Waals surface area contributed by atoms with E-state index in [-0.39, 0.29) is 11.5 Å². The summed E-state index contributed by atoms with van der Waals surface area (Å²) in [6, 6.07) is 4.72. The van der Waals surface area contributed by atoms with Crippen LogP contribution in [0.3, 0.4) is 0 Å². The standard InChI is InChI=1S/C16H23NO4/c1-4-5-6-17(7-8-21-3)15(18)13-9-12(2)10-14(11-13)16(19)20/h9-11H,4-8H2,1-3H3,(H,19,20). The van der Waals surface area contributed by atoms with Gasteiger partial charge in [-0.15, -0.1) is 0 Å². The average molecular weight is 293 g/mol. The van der Waals surface area contributed by atoms with Gasteiger partial charge in [-0.3, -0.25) is 4.79 Å². The lowest BCUT2D eigenvalue weighted by molar-refractivity contribution is 0.0692. The van der Waals surface area contributed by atoms with E-state index in [0.29, 0.717) is 25.3 Å². The first kappa shape index (κ1) is 17.2. The van der Waals surface area contributed by atoms with Crippen molar-refractivity contribution in [3.8, 4) is 0 Å². The van der Waals surface area contributed by atoms with Crippen LogP contribution in [0.5, 0.6) is 0 Å². The summed E-state index contributed by atoms with van der Waals surface area (Å²) in [5.74, 6) is -1.17. The predicted molar refractivity (Wildman–Crippen MR) is 80.8 cm³/mol. The number of carboxylic acid groups (broad SMARTS) is 1. The second-order valence-electron chi connectivity index (χ2n) is 5.03. The summed E-state index contributed by atoms with van der Waals surface area (Å²) in [6.45, 7) is 5.47. The van der Waals surface area contributed by atoms with Gasteiger partial charge in [-0.05, 0) is 37.1 Å². The maximum atomic E-state index is 12.6. The number of unbranched alkanes of at least 4 members (excludes halogenated alkanes) is 1. The number of rotatable bonds is 8. The number of benzene rings is 1. The van der Waals surface area contributed by atoms with Crippen LogP contribution in [-0.4, -0.2) is 48.7 Å². The Labute approximate surface area is 125 Å². The van der Waals surface area contributed by atoms with Crippen LogP contribution in [0.15, 0.2) is 18.2 Å². The third-order valence-electron chi connectivity index (χ3n) is 3.21. The molecule has 1 rings (SSSR count). The van der Waals surface area contributed by atoms with Crippen molar-refractivity contribution in [1.82, 2.24) is 4.90 Å². The van der Waals surface area contributed by atoms with Crippen LogP contribution in [0.25, 0.3) is 0 Å². The molecular weight excluding hydrogens is 270 g/mol. The molecule has 5 nitrogen and oxygen atoms in total. The molecule has 0 radical (unpaired) electrons. The fourth-order valence-corrected chi connectivity index (χ4v) is 2.08.